The molecule has 0 fully saturated rings. The Morgan fingerprint density at radius 3 is 2.68 bits per heavy atom. The van der Waals surface area contributed by atoms with E-state index >= 15 is 0 Å². The third-order valence-electron chi connectivity index (χ3n) is 4.80. The number of benzene rings is 3. The van der Waals surface area contributed by atoms with E-state index in [1.165, 1.54) is 10.3 Å². The van der Waals surface area contributed by atoms with Gasteiger partial charge in [-0.1, -0.05) is 6.07 Å². The van der Waals surface area contributed by atoms with Crippen LogP contribution in [0.4, 0.5) is 5.69 Å². The maximum absolute atomic E-state index is 12.5. The zero-order valence-corrected chi connectivity index (χ0v) is 18.1. The van der Waals surface area contributed by atoms with Gasteiger partial charge in [0, 0.05) is 16.8 Å². The van der Waals surface area contributed by atoms with Gasteiger partial charge in [-0.2, -0.15) is 0 Å². The Kier molecular flexibility index (Phi) is 5.01. The molecule has 1 aliphatic rings. The highest BCUT2D eigenvalue weighted by atomic mass is 32.1. The Balaban J connectivity index is 1.24. The molecule has 2 heterocycles. The number of hydrogen-bond acceptors (Lipinski definition) is 6. The standard InChI is InChI=1S/C23H17N3O3S2/c1-13-2-8-17-20(10-13)31-22(25-17)14-3-6-16(7-4-14)24-23(30)26-21(27)15-5-9-18-19(11-15)29-12-28-18/h2-11H,12H2,1H3,(H2,24,26,27,30). The van der Waals surface area contributed by atoms with Gasteiger partial charge in [-0.05, 0) is 79.3 Å². The fourth-order valence-corrected chi connectivity index (χ4v) is 4.51. The molecule has 0 aliphatic carbocycles. The van der Waals surface area contributed by atoms with E-state index in [9.17, 15) is 4.79 Å². The van der Waals surface area contributed by atoms with Crippen LogP contribution >= 0.6 is 23.6 Å². The van der Waals surface area contributed by atoms with E-state index in [0.717, 1.165) is 21.8 Å². The number of rotatable bonds is 3. The van der Waals surface area contributed by atoms with E-state index in [1.54, 1.807) is 29.5 Å². The Bertz CT molecular complexity index is 1320. The van der Waals surface area contributed by atoms with Gasteiger partial charge in [-0.25, -0.2) is 4.98 Å². The fraction of sp³-hybridized carbons (Fsp3) is 0.0870. The Hall–Kier alpha value is -3.49. The van der Waals surface area contributed by atoms with Gasteiger partial charge in [-0.15, -0.1) is 11.3 Å². The number of carbonyl (C=O) groups excluding carboxylic acids is 1. The number of nitrogens with one attached hydrogen (secondary N) is 2. The molecule has 0 atom stereocenters. The van der Waals surface area contributed by atoms with Crippen molar-refractivity contribution in [3.05, 3.63) is 71.8 Å². The Morgan fingerprint density at radius 1 is 1.03 bits per heavy atom. The minimum absolute atomic E-state index is 0.160. The molecule has 1 aliphatic heterocycles. The van der Waals surface area contributed by atoms with Crippen molar-refractivity contribution < 1.29 is 14.3 Å². The van der Waals surface area contributed by atoms with Crippen molar-refractivity contribution in [2.75, 3.05) is 12.1 Å². The van der Waals surface area contributed by atoms with Crippen LogP contribution in [0.25, 0.3) is 20.8 Å². The Morgan fingerprint density at radius 2 is 1.84 bits per heavy atom. The molecule has 2 N–H and O–H groups in total. The van der Waals surface area contributed by atoms with Crippen LogP contribution in [0.1, 0.15) is 15.9 Å². The second kappa shape index (κ2) is 7.98. The summed E-state index contributed by atoms with van der Waals surface area (Å²) in [5.41, 5.74) is 4.46. The van der Waals surface area contributed by atoms with E-state index in [1.807, 2.05) is 30.3 Å². The van der Waals surface area contributed by atoms with Gasteiger partial charge in [-0.3, -0.25) is 10.1 Å². The highest BCUT2D eigenvalue weighted by Gasteiger charge is 2.17. The molecule has 31 heavy (non-hydrogen) atoms. The molecular weight excluding hydrogens is 430 g/mol. The number of aromatic nitrogens is 1. The maximum Gasteiger partial charge on any atom is 0.257 e. The van der Waals surface area contributed by atoms with Crippen LogP contribution in [0, 0.1) is 6.92 Å². The SMILES string of the molecule is Cc1ccc2nc(-c3ccc(NC(=S)NC(=O)c4ccc5c(c4)OCO5)cc3)sc2c1. The molecule has 6 nitrogen and oxygen atoms in total. The number of carbonyl (C=O) groups is 1. The number of thiocarbonyl (C=S) groups is 1. The van der Waals surface area contributed by atoms with E-state index in [0.29, 0.717) is 17.1 Å². The van der Waals surface area contributed by atoms with Gasteiger partial charge in [0.1, 0.15) is 5.01 Å². The molecule has 1 aromatic heterocycles. The van der Waals surface area contributed by atoms with Crippen molar-refractivity contribution in [2.45, 2.75) is 6.92 Å². The average Bonchev–Trinajstić information content (AvgIpc) is 3.40. The van der Waals surface area contributed by atoms with Gasteiger partial charge in [0.05, 0.1) is 10.2 Å². The number of aryl methyl sites for hydroxylation is 1. The summed E-state index contributed by atoms with van der Waals surface area (Å²) in [6.07, 6.45) is 0. The highest BCUT2D eigenvalue weighted by Crippen LogP contribution is 2.33. The second-order valence-corrected chi connectivity index (χ2v) is 8.48. The summed E-state index contributed by atoms with van der Waals surface area (Å²) < 4.78 is 11.7. The zero-order chi connectivity index (χ0) is 21.4. The number of nitrogens with zero attached hydrogens (tertiary/aromatic N) is 1. The molecule has 5 rings (SSSR count). The quantitative estimate of drug-likeness (QED) is 0.425. The second-order valence-electron chi connectivity index (χ2n) is 7.04. The van der Waals surface area contributed by atoms with Gasteiger partial charge in [0.15, 0.2) is 16.6 Å². The zero-order valence-electron chi connectivity index (χ0n) is 16.5. The number of amides is 1. The first-order chi connectivity index (χ1) is 15.0. The molecule has 0 saturated heterocycles. The third-order valence-corrected chi connectivity index (χ3v) is 6.07. The molecular formula is C23H17N3O3S2. The number of ether oxygens (including phenoxy) is 2. The summed E-state index contributed by atoms with van der Waals surface area (Å²) in [6, 6.07) is 19.0. The maximum atomic E-state index is 12.5. The molecule has 1 amide bonds. The van der Waals surface area contributed by atoms with Crippen LogP contribution in [0.2, 0.25) is 0 Å². The minimum Gasteiger partial charge on any atom is -0.454 e. The van der Waals surface area contributed by atoms with E-state index in [-0.39, 0.29) is 17.8 Å². The summed E-state index contributed by atoms with van der Waals surface area (Å²) in [7, 11) is 0. The van der Waals surface area contributed by atoms with Crippen molar-refractivity contribution in [2.24, 2.45) is 0 Å². The summed E-state index contributed by atoms with van der Waals surface area (Å²) in [5, 5.41) is 6.89. The normalized spacial score (nSPS) is 12.0. The highest BCUT2D eigenvalue weighted by molar-refractivity contribution is 7.80. The molecule has 0 radical (unpaired) electrons. The molecule has 0 unspecified atom stereocenters. The number of fused-ring (bicyclic) bond motifs is 2. The van der Waals surface area contributed by atoms with E-state index in [2.05, 4.69) is 29.7 Å². The predicted molar refractivity (Wildman–Crippen MR) is 126 cm³/mol. The summed E-state index contributed by atoms with van der Waals surface area (Å²) in [5.74, 6) is 0.852. The lowest BCUT2D eigenvalue weighted by atomic mass is 10.2. The van der Waals surface area contributed by atoms with E-state index in [4.69, 9.17) is 26.7 Å². The first kappa shape index (κ1) is 19.5. The van der Waals surface area contributed by atoms with Gasteiger partial charge in [0.25, 0.3) is 5.91 Å². The number of thiazole rings is 1. The molecule has 0 spiro atoms. The smallest absolute Gasteiger partial charge is 0.257 e. The molecule has 8 heteroatoms. The molecule has 0 bridgehead atoms. The molecule has 4 aromatic rings. The van der Waals surface area contributed by atoms with Crippen LogP contribution in [-0.4, -0.2) is 22.8 Å². The van der Waals surface area contributed by atoms with E-state index < -0.39 is 0 Å². The van der Waals surface area contributed by atoms with Crippen LogP contribution < -0.4 is 20.1 Å². The van der Waals surface area contributed by atoms with Gasteiger partial charge in [0.2, 0.25) is 6.79 Å². The average molecular weight is 448 g/mol. The monoisotopic (exact) mass is 447 g/mol. The first-order valence-electron chi connectivity index (χ1n) is 9.55. The van der Waals surface area contributed by atoms with Gasteiger partial charge < -0.3 is 14.8 Å². The van der Waals surface area contributed by atoms with Crippen LogP contribution in [-0.2, 0) is 0 Å². The lowest BCUT2D eigenvalue weighted by Crippen LogP contribution is -2.34. The molecule has 154 valence electrons. The van der Waals surface area contributed by atoms with Crippen LogP contribution in [0.3, 0.4) is 0 Å². The topological polar surface area (TPSA) is 72.5 Å². The molecule has 3 aromatic carbocycles. The summed E-state index contributed by atoms with van der Waals surface area (Å²) in [4.78, 5) is 17.2. The molecule has 0 saturated carbocycles. The third kappa shape index (κ3) is 4.08. The van der Waals surface area contributed by atoms with Crippen molar-refractivity contribution >= 4 is 50.5 Å². The number of hydrogen-bond donors (Lipinski definition) is 2. The first-order valence-corrected chi connectivity index (χ1v) is 10.8. The summed E-state index contributed by atoms with van der Waals surface area (Å²) >= 11 is 6.95. The summed E-state index contributed by atoms with van der Waals surface area (Å²) in [6.45, 7) is 2.24. The largest absolute Gasteiger partial charge is 0.454 e. The number of anilines is 1. The lowest BCUT2D eigenvalue weighted by Gasteiger charge is -2.10. The van der Waals surface area contributed by atoms with Crippen LogP contribution in [0.15, 0.2) is 60.7 Å². The van der Waals surface area contributed by atoms with Crippen molar-refractivity contribution in [1.29, 1.82) is 0 Å². The van der Waals surface area contributed by atoms with Gasteiger partial charge >= 0.3 is 0 Å². The van der Waals surface area contributed by atoms with Crippen molar-refractivity contribution in [3.8, 4) is 22.1 Å². The lowest BCUT2D eigenvalue weighted by molar-refractivity contribution is 0.0977. The van der Waals surface area contributed by atoms with Crippen molar-refractivity contribution in [3.63, 3.8) is 0 Å². The Labute approximate surface area is 187 Å². The van der Waals surface area contributed by atoms with Crippen LogP contribution in [0.5, 0.6) is 11.5 Å². The van der Waals surface area contributed by atoms with Crippen molar-refractivity contribution in [1.82, 2.24) is 10.3 Å². The minimum atomic E-state index is -0.322. The predicted octanol–water partition coefficient (Wildman–Crippen LogP) is 5.13. The fourth-order valence-electron chi connectivity index (χ4n) is 3.23.